The number of rotatable bonds is 14. The molecule has 180 valence electrons. The number of carbonyl (C=O) groups excluding carboxylic acids is 2. The number of unbranched alkanes of at least 4 members (excludes halogenated alkanes) is 4. The van der Waals surface area contributed by atoms with Crippen molar-refractivity contribution >= 4 is 40.9 Å². The van der Waals surface area contributed by atoms with Crippen LogP contribution in [-0.4, -0.2) is 71.9 Å². The highest BCUT2D eigenvalue weighted by atomic mass is 32.2. The minimum atomic E-state index is -1.05. The zero-order valence-corrected chi connectivity index (χ0v) is 20.3. The van der Waals surface area contributed by atoms with Crippen LogP contribution in [0.3, 0.4) is 0 Å². The van der Waals surface area contributed by atoms with Crippen LogP contribution >= 0.6 is 23.1 Å². The molecular formula is C22H35N3O5S2. The highest BCUT2D eigenvalue weighted by Gasteiger charge is 2.35. The van der Waals surface area contributed by atoms with Gasteiger partial charge in [0.1, 0.15) is 12.6 Å². The van der Waals surface area contributed by atoms with Gasteiger partial charge in [-0.2, -0.15) is 0 Å². The number of esters is 1. The summed E-state index contributed by atoms with van der Waals surface area (Å²) in [5, 5.41) is 14.5. The number of aliphatic carboxylic acids is 1. The zero-order chi connectivity index (χ0) is 23.3. The van der Waals surface area contributed by atoms with Crippen molar-refractivity contribution in [2.75, 3.05) is 32.0 Å². The first-order chi connectivity index (χ1) is 15.5. The molecule has 1 fully saturated rings. The number of nitrogens with one attached hydrogen (secondary N) is 1. The van der Waals surface area contributed by atoms with E-state index in [0.717, 1.165) is 37.0 Å². The first-order valence-corrected chi connectivity index (χ1v) is 13.2. The van der Waals surface area contributed by atoms with Crippen molar-refractivity contribution in [2.45, 2.75) is 62.8 Å². The monoisotopic (exact) mass is 485 g/mol. The van der Waals surface area contributed by atoms with E-state index in [9.17, 15) is 19.5 Å². The van der Waals surface area contributed by atoms with Crippen LogP contribution in [0.2, 0.25) is 0 Å². The fourth-order valence-electron chi connectivity index (χ4n) is 3.70. The molecule has 2 heterocycles. The van der Waals surface area contributed by atoms with Gasteiger partial charge in [-0.25, -0.2) is 0 Å². The molecule has 0 aromatic carbocycles. The number of carboxylic acid groups (broad SMARTS) is 1. The summed E-state index contributed by atoms with van der Waals surface area (Å²) in [7, 11) is 0. The number of thiophene rings is 1. The molecule has 32 heavy (non-hydrogen) atoms. The number of carboxylic acids is 1. The van der Waals surface area contributed by atoms with Gasteiger partial charge in [0.05, 0.1) is 17.9 Å². The summed E-state index contributed by atoms with van der Waals surface area (Å²) in [6.07, 6.45) is 5.52. The minimum Gasteiger partial charge on any atom is -0.480 e. The summed E-state index contributed by atoms with van der Waals surface area (Å²) < 4.78 is 5.24. The Balaban J connectivity index is 2.06. The molecule has 0 spiro atoms. The Bertz CT molecular complexity index is 716. The second-order valence-electron chi connectivity index (χ2n) is 7.82. The molecule has 1 aromatic rings. The summed E-state index contributed by atoms with van der Waals surface area (Å²) in [4.78, 5) is 39.6. The van der Waals surface area contributed by atoms with Crippen LogP contribution < -0.4 is 11.1 Å². The van der Waals surface area contributed by atoms with Gasteiger partial charge in [-0.15, -0.1) is 23.1 Å². The van der Waals surface area contributed by atoms with Crippen molar-refractivity contribution in [1.82, 2.24) is 10.2 Å². The maximum Gasteiger partial charge on any atom is 0.323 e. The molecule has 0 aliphatic carbocycles. The van der Waals surface area contributed by atoms with E-state index >= 15 is 0 Å². The molecule has 4 N–H and O–H groups in total. The number of amides is 1. The predicted molar refractivity (Wildman–Crippen MR) is 128 cm³/mol. The number of ether oxygens (including phenoxy) is 1. The molecular weight excluding hydrogens is 450 g/mol. The van der Waals surface area contributed by atoms with E-state index in [0.29, 0.717) is 25.3 Å². The lowest BCUT2D eigenvalue weighted by Crippen LogP contribution is -2.53. The Kier molecular flexibility index (Phi) is 12.1. The van der Waals surface area contributed by atoms with Crippen molar-refractivity contribution in [3.8, 4) is 0 Å². The lowest BCUT2D eigenvalue weighted by Gasteiger charge is -2.26. The highest BCUT2D eigenvalue weighted by molar-refractivity contribution is 7.99. The Morgan fingerprint density at radius 2 is 2.06 bits per heavy atom. The number of hydrogen-bond donors (Lipinski definition) is 3. The van der Waals surface area contributed by atoms with Gasteiger partial charge in [0.2, 0.25) is 5.91 Å². The van der Waals surface area contributed by atoms with Gasteiger partial charge in [0.25, 0.3) is 0 Å². The number of nitrogens with zero attached hydrogens (tertiary/aromatic N) is 1. The zero-order valence-electron chi connectivity index (χ0n) is 18.7. The van der Waals surface area contributed by atoms with E-state index in [1.54, 1.807) is 30.0 Å². The van der Waals surface area contributed by atoms with E-state index in [1.165, 1.54) is 4.90 Å². The third kappa shape index (κ3) is 8.73. The van der Waals surface area contributed by atoms with Gasteiger partial charge in [0.15, 0.2) is 0 Å². The minimum absolute atomic E-state index is 0.00804. The average Bonchev–Trinajstić information content (AvgIpc) is 3.25. The fourth-order valence-corrected chi connectivity index (χ4v) is 5.96. The third-order valence-corrected chi connectivity index (χ3v) is 7.78. The molecule has 1 saturated heterocycles. The molecule has 10 heteroatoms. The van der Waals surface area contributed by atoms with E-state index < -0.39 is 18.1 Å². The molecule has 0 saturated carbocycles. The normalized spacial score (nSPS) is 20.1. The van der Waals surface area contributed by atoms with Crippen LogP contribution in [0.5, 0.6) is 0 Å². The summed E-state index contributed by atoms with van der Waals surface area (Å²) in [5.41, 5.74) is 5.53. The third-order valence-electron chi connectivity index (χ3n) is 5.32. The Labute approximate surface area is 198 Å². The van der Waals surface area contributed by atoms with Gasteiger partial charge >= 0.3 is 11.9 Å². The summed E-state index contributed by atoms with van der Waals surface area (Å²) in [5.74, 6) is -1.23. The van der Waals surface area contributed by atoms with Crippen molar-refractivity contribution in [3.63, 3.8) is 0 Å². The molecule has 2 unspecified atom stereocenters. The maximum absolute atomic E-state index is 13.2. The smallest absolute Gasteiger partial charge is 0.323 e. The van der Waals surface area contributed by atoms with Crippen LogP contribution in [0.4, 0.5) is 0 Å². The molecule has 3 atom stereocenters. The largest absolute Gasteiger partial charge is 0.480 e. The van der Waals surface area contributed by atoms with Crippen molar-refractivity contribution in [3.05, 3.63) is 22.4 Å². The molecule has 1 aromatic heterocycles. The maximum atomic E-state index is 13.2. The Hall–Kier alpha value is -1.62. The van der Waals surface area contributed by atoms with E-state index in [4.69, 9.17) is 10.5 Å². The summed E-state index contributed by atoms with van der Waals surface area (Å²) in [6, 6.07) is 2.72. The van der Waals surface area contributed by atoms with Crippen LogP contribution in [0.25, 0.3) is 0 Å². The van der Waals surface area contributed by atoms with Crippen LogP contribution in [0, 0.1) is 0 Å². The predicted octanol–water partition coefficient (Wildman–Crippen LogP) is 2.64. The van der Waals surface area contributed by atoms with Crippen LogP contribution in [0.1, 0.15) is 55.6 Å². The van der Waals surface area contributed by atoms with Crippen LogP contribution in [-0.2, 0) is 19.1 Å². The first kappa shape index (κ1) is 26.6. The SMILES string of the molecule is CCOC(=O)[C@@H](CCCCCCCN)NC1CSC(c2cccs2)CN(CC(=O)O)C1=O. The summed E-state index contributed by atoms with van der Waals surface area (Å²) >= 11 is 3.22. The molecule has 8 nitrogen and oxygen atoms in total. The Morgan fingerprint density at radius 1 is 1.31 bits per heavy atom. The Morgan fingerprint density at radius 3 is 2.72 bits per heavy atom. The average molecular weight is 486 g/mol. The van der Waals surface area contributed by atoms with Crippen LogP contribution in [0.15, 0.2) is 17.5 Å². The highest BCUT2D eigenvalue weighted by Crippen LogP contribution is 2.35. The van der Waals surface area contributed by atoms with E-state index in [2.05, 4.69) is 5.32 Å². The van der Waals surface area contributed by atoms with Gasteiger partial charge < -0.3 is 20.5 Å². The lowest BCUT2D eigenvalue weighted by atomic mass is 10.1. The van der Waals surface area contributed by atoms with Crippen molar-refractivity contribution in [2.24, 2.45) is 5.73 Å². The molecule has 0 bridgehead atoms. The van der Waals surface area contributed by atoms with Crippen molar-refractivity contribution < 1.29 is 24.2 Å². The first-order valence-electron chi connectivity index (χ1n) is 11.2. The molecule has 1 amide bonds. The number of hydrogen-bond acceptors (Lipinski definition) is 8. The van der Waals surface area contributed by atoms with Gasteiger partial charge in [-0.05, 0) is 37.8 Å². The van der Waals surface area contributed by atoms with Gasteiger partial charge in [-0.3, -0.25) is 19.7 Å². The molecule has 1 aliphatic heterocycles. The van der Waals surface area contributed by atoms with E-state index in [1.807, 2.05) is 17.5 Å². The second-order valence-corrected chi connectivity index (χ2v) is 10.0. The number of carbonyl (C=O) groups is 3. The number of nitrogens with two attached hydrogens (primary N) is 1. The summed E-state index contributed by atoms with van der Waals surface area (Å²) in [6.45, 7) is 2.69. The van der Waals surface area contributed by atoms with Gasteiger partial charge in [-0.1, -0.05) is 31.7 Å². The molecule has 2 rings (SSSR count). The standard InChI is InChI=1S/C22H35N3O5S2/c1-2-30-22(29)16(9-6-4-3-5-7-11-23)24-17-15-32-19(18-10-8-12-31-18)13-25(21(17)28)14-20(26)27/h8,10,12,16-17,19,24H,2-7,9,11,13-15,23H2,1H3,(H,26,27)/t16-,17?,19?/m1/s1. The van der Waals surface area contributed by atoms with Crippen molar-refractivity contribution in [1.29, 1.82) is 0 Å². The molecule has 0 radical (unpaired) electrons. The quantitative estimate of drug-likeness (QED) is 0.272. The lowest BCUT2D eigenvalue weighted by molar-refractivity contribution is -0.148. The second kappa shape index (κ2) is 14.5. The molecule has 1 aliphatic rings. The number of thioether (sulfide) groups is 1. The van der Waals surface area contributed by atoms with Gasteiger partial charge in [0, 0.05) is 17.2 Å². The van der Waals surface area contributed by atoms with E-state index in [-0.39, 0.29) is 30.3 Å². The topological polar surface area (TPSA) is 122 Å². The fraction of sp³-hybridized carbons (Fsp3) is 0.682.